The number of rotatable bonds is 3. The molecule has 0 bridgehead atoms. The molecular weight excluding hydrogens is 246 g/mol. The summed E-state index contributed by atoms with van der Waals surface area (Å²) >= 11 is 2.58. The molecule has 2 N–H and O–H groups in total. The van der Waals surface area contributed by atoms with Crippen LogP contribution < -0.4 is 5.73 Å². The van der Waals surface area contributed by atoms with Crippen molar-refractivity contribution in [3.63, 3.8) is 0 Å². The van der Waals surface area contributed by atoms with Crippen LogP contribution >= 0.6 is 22.7 Å². The third-order valence-corrected chi connectivity index (χ3v) is 3.23. The van der Waals surface area contributed by atoms with E-state index < -0.39 is 0 Å². The molecule has 6 nitrogen and oxygen atoms in total. The Morgan fingerprint density at radius 3 is 2.94 bits per heavy atom. The van der Waals surface area contributed by atoms with Gasteiger partial charge in [-0.3, -0.25) is 4.79 Å². The summed E-state index contributed by atoms with van der Waals surface area (Å²) < 4.78 is 0. The molecular formula is C8H9N5OS2. The zero-order valence-electron chi connectivity index (χ0n) is 8.45. The van der Waals surface area contributed by atoms with Crippen LogP contribution in [0.25, 0.3) is 0 Å². The Kier molecular flexibility index (Phi) is 3.11. The lowest BCUT2D eigenvalue weighted by molar-refractivity contribution is 0.0782. The third-order valence-electron chi connectivity index (χ3n) is 1.85. The molecule has 2 aromatic rings. The van der Waals surface area contributed by atoms with Gasteiger partial charge in [-0.1, -0.05) is 11.3 Å². The fraction of sp³-hybridized carbons (Fsp3) is 0.250. The summed E-state index contributed by atoms with van der Waals surface area (Å²) in [5, 5.41) is 9.80. The van der Waals surface area contributed by atoms with Gasteiger partial charge in [0.2, 0.25) is 10.1 Å². The number of nitrogen functional groups attached to an aromatic ring is 1. The van der Waals surface area contributed by atoms with Gasteiger partial charge in [0.25, 0.3) is 5.91 Å². The predicted octanol–water partition coefficient (Wildman–Crippen LogP) is 0.849. The van der Waals surface area contributed by atoms with Crippen molar-refractivity contribution in [1.29, 1.82) is 0 Å². The van der Waals surface area contributed by atoms with E-state index in [2.05, 4.69) is 15.2 Å². The monoisotopic (exact) mass is 255 g/mol. The van der Waals surface area contributed by atoms with Crippen molar-refractivity contribution in [2.24, 2.45) is 0 Å². The summed E-state index contributed by atoms with van der Waals surface area (Å²) in [6.07, 6.45) is 0. The van der Waals surface area contributed by atoms with E-state index in [1.54, 1.807) is 12.6 Å². The van der Waals surface area contributed by atoms with E-state index in [1.807, 2.05) is 5.38 Å². The Bertz CT molecular complexity index is 480. The smallest absolute Gasteiger partial charge is 0.285 e. The van der Waals surface area contributed by atoms with Crippen LogP contribution in [-0.4, -0.2) is 33.0 Å². The number of thiazole rings is 1. The van der Waals surface area contributed by atoms with E-state index in [0.717, 1.165) is 17.0 Å². The van der Waals surface area contributed by atoms with Gasteiger partial charge in [-0.2, -0.15) is 0 Å². The second-order valence-corrected chi connectivity index (χ2v) is 4.81. The number of aromatic nitrogens is 3. The molecule has 0 unspecified atom stereocenters. The molecule has 0 spiro atoms. The average Bonchev–Trinajstić information content (AvgIpc) is 2.88. The molecule has 0 fully saturated rings. The molecule has 0 saturated heterocycles. The van der Waals surface area contributed by atoms with Crippen molar-refractivity contribution in [1.82, 2.24) is 20.1 Å². The van der Waals surface area contributed by atoms with Gasteiger partial charge in [-0.05, 0) is 0 Å². The largest absolute Gasteiger partial charge is 0.374 e. The Labute approximate surface area is 99.8 Å². The number of hydrogen-bond acceptors (Lipinski definition) is 7. The minimum Gasteiger partial charge on any atom is -0.374 e. The highest BCUT2D eigenvalue weighted by Gasteiger charge is 2.17. The lowest BCUT2D eigenvalue weighted by atomic mass is 10.4. The lowest BCUT2D eigenvalue weighted by Crippen LogP contribution is -2.26. The molecule has 16 heavy (non-hydrogen) atoms. The molecule has 0 aliphatic heterocycles. The molecule has 2 heterocycles. The van der Waals surface area contributed by atoms with Crippen LogP contribution in [0.1, 0.15) is 15.5 Å². The molecule has 0 radical (unpaired) electrons. The standard InChI is InChI=1S/C8H9N5OS2/c1-13(2-5-3-15-4-10-5)7(14)6-11-12-8(9)16-6/h3-4H,2H2,1H3,(H2,9,12). The minimum absolute atomic E-state index is 0.192. The Hall–Kier alpha value is -1.54. The molecule has 0 aliphatic carbocycles. The molecule has 84 valence electrons. The number of carbonyl (C=O) groups excluding carboxylic acids is 1. The van der Waals surface area contributed by atoms with Crippen molar-refractivity contribution in [3.8, 4) is 0 Å². The second-order valence-electron chi connectivity index (χ2n) is 3.09. The first-order valence-electron chi connectivity index (χ1n) is 4.38. The Morgan fingerprint density at radius 1 is 1.56 bits per heavy atom. The van der Waals surface area contributed by atoms with E-state index in [9.17, 15) is 4.79 Å². The minimum atomic E-state index is -0.192. The number of anilines is 1. The maximum absolute atomic E-state index is 11.8. The molecule has 2 aromatic heterocycles. The first-order valence-corrected chi connectivity index (χ1v) is 6.14. The highest BCUT2D eigenvalue weighted by molar-refractivity contribution is 7.16. The van der Waals surface area contributed by atoms with Crippen LogP contribution in [0.2, 0.25) is 0 Å². The SMILES string of the molecule is CN(Cc1cscn1)C(=O)c1nnc(N)s1. The molecule has 0 aromatic carbocycles. The average molecular weight is 255 g/mol. The van der Waals surface area contributed by atoms with Gasteiger partial charge in [0.05, 0.1) is 17.7 Å². The first kappa shape index (κ1) is 11.0. The van der Waals surface area contributed by atoms with Crippen molar-refractivity contribution in [2.75, 3.05) is 12.8 Å². The number of nitrogens with zero attached hydrogens (tertiary/aromatic N) is 4. The normalized spacial score (nSPS) is 10.3. The van der Waals surface area contributed by atoms with Gasteiger partial charge >= 0.3 is 0 Å². The highest BCUT2D eigenvalue weighted by atomic mass is 32.1. The summed E-state index contributed by atoms with van der Waals surface area (Å²) in [6.45, 7) is 0.460. The van der Waals surface area contributed by atoms with Crippen molar-refractivity contribution in [3.05, 3.63) is 21.6 Å². The van der Waals surface area contributed by atoms with Gasteiger partial charge in [0.1, 0.15) is 0 Å². The number of hydrogen-bond donors (Lipinski definition) is 1. The van der Waals surface area contributed by atoms with Crippen LogP contribution in [0.3, 0.4) is 0 Å². The lowest BCUT2D eigenvalue weighted by Gasteiger charge is -2.13. The van der Waals surface area contributed by atoms with Gasteiger partial charge in [0, 0.05) is 12.4 Å². The molecule has 0 saturated carbocycles. The van der Waals surface area contributed by atoms with Crippen molar-refractivity contribution < 1.29 is 4.79 Å². The fourth-order valence-electron chi connectivity index (χ4n) is 1.11. The fourth-order valence-corrected chi connectivity index (χ4v) is 2.27. The van der Waals surface area contributed by atoms with Crippen LogP contribution in [0, 0.1) is 0 Å². The van der Waals surface area contributed by atoms with E-state index in [1.165, 1.54) is 16.2 Å². The summed E-state index contributed by atoms with van der Waals surface area (Å²) in [5.74, 6) is -0.192. The zero-order valence-corrected chi connectivity index (χ0v) is 10.1. The zero-order chi connectivity index (χ0) is 11.5. The summed E-state index contributed by atoms with van der Waals surface area (Å²) in [4.78, 5) is 17.5. The van der Waals surface area contributed by atoms with E-state index in [0.29, 0.717) is 16.7 Å². The van der Waals surface area contributed by atoms with E-state index in [4.69, 9.17) is 5.73 Å². The number of carbonyl (C=O) groups is 1. The van der Waals surface area contributed by atoms with Crippen LogP contribution in [0.5, 0.6) is 0 Å². The molecule has 2 rings (SSSR count). The Morgan fingerprint density at radius 2 is 2.38 bits per heavy atom. The van der Waals surface area contributed by atoms with E-state index in [-0.39, 0.29) is 5.91 Å². The maximum atomic E-state index is 11.8. The van der Waals surface area contributed by atoms with E-state index >= 15 is 0 Å². The molecule has 0 aliphatic rings. The molecule has 1 amide bonds. The first-order chi connectivity index (χ1) is 7.66. The Balaban J connectivity index is 2.05. The van der Waals surface area contributed by atoms with Crippen molar-refractivity contribution >= 4 is 33.7 Å². The summed E-state index contributed by atoms with van der Waals surface area (Å²) in [5.41, 5.74) is 8.01. The number of nitrogens with two attached hydrogens (primary N) is 1. The van der Waals surface area contributed by atoms with Crippen molar-refractivity contribution in [2.45, 2.75) is 6.54 Å². The predicted molar refractivity (Wildman–Crippen MR) is 62.2 cm³/mol. The van der Waals surface area contributed by atoms with Crippen LogP contribution in [0.4, 0.5) is 5.13 Å². The van der Waals surface area contributed by atoms with Crippen LogP contribution in [0.15, 0.2) is 10.9 Å². The van der Waals surface area contributed by atoms with Crippen LogP contribution in [-0.2, 0) is 6.54 Å². The second kappa shape index (κ2) is 4.54. The quantitative estimate of drug-likeness (QED) is 0.878. The molecule has 0 atom stereocenters. The van der Waals surface area contributed by atoms with Gasteiger partial charge < -0.3 is 10.6 Å². The third kappa shape index (κ3) is 2.34. The summed E-state index contributed by atoms with van der Waals surface area (Å²) in [6, 6.07) is 0. The molecule has 8 heteroatoms. The topological polar surface area (TPSA) is 85.0 Å². The number of amides is 1. The maximum Gasteiger partial charge on any atom is 0.285 e. The highest BCUT2D eigenvalue weighted by Crippen LogP contribution is 2.14. The van der Waals surface area contributed by atoms with Gasteiger partial charge in [-0.15, -0.1) is 21.5 Å². The van der Waals surface area contributed by atoms with Gasteiger partial charge in [0.15, 0.2) is 0 Å². The summed E-state index contributed by atoms with van der Waals surface area (Å²) in [7, 11) is 1.69. The van der Waals surface area contributed by atoms with Gasteiger partial charge in [-0.25, -0.2) is 4.98 Å².